The van der Waals surface area contributed by atoms with Gasteiger partial charge in [0.2, 0.25) is 5.95 Å². The molecule has 176 valence electrons. The lowest BCUT2D eigenvalue weighted by Gasteiger charge is -2.34. The fourth-order valence-corrected chi connectivity index (χ4v) is 4.37. The second-order valence-electron chi connectivity index (χ2n) is 8.32. The molecule has 9 nitrogen and oxygen atoms in total. The molecule has 0 saturated carbocycles. The van der Waals surface area contributed by atoms with Crippen molar-refractivity contribution in [2.24, 2.45) is 0 Å². The number of anilines is 2. The van der Waals surface area contributed by atoms with Crippen molar-refractivity contribution < 1.29 is 4.79 Å². The maximum atomic E-state index is 12.6. The van der Waals surface area contributed by atoms with E-state index in [1.807, 2.05) is 25.3 Å². The fourth-order valence-electron chi connectivity index (χ4n) is 4.37. The molecule has 1 amide bonds. The minimum Gasteiger partial charge on any atom is -0.354 e. The van der Waals surface area contributed by atoms with Crippen LogP contribution in [0.1, 0.15) is 30.1 Å². The summed E-state index contributed by atoms with van der Waals surface area (Å²) >= 11 is 0. The van der Waals surface area contributed by atoms with Gasteiger partial charge in [0.25, 0.3) is 5.91 Å². The number of carbonyl (C=O) groups excluding carboxylic acids is 1. The van der Waals surface area contributed by atoms with E-state index >= 15 is 0 Å². The van der Waals surface area contributed by atoms with Crippen molar-refractivity contribution >= 4 is 28.7 Å². The molecule has 1 aliphatic heterocycles. The molecule has 5 rings (SSSR count). The van der Waals surface area contributed by atoms with E-state index in [2.05, 4.69) is 52.3 Å². The molecule has 4 aromatic rings. The zero-order valence-corrected chi connectivity index (χ0v) is 19.5. The van der Waals surface area contributed by atoms with Crippen molar-refractivity contribution in [3.8, 4) is 23.0 Å². The second kappa shape index (κ2) is 10.3. The fraction of sp³-hybridized carbons (Fsp3) is 0.269. The first kappa shape index (κ1) is 22.5. The minimum absolute atomic E-state index is 0.259. The van der Waals surface area contributed by atoms with Gasteiger partial charge in [0.1, 0.15) is 17.8 Å². The van der Waals surface area contributed by atoms with Gasteiger partial charge < -0.3 is 15.2 Å². The van der Waals surface area contributed by atoms with Gasteiger partial charge in [0, 0.05) is 48.8 Å². The standard InChI is InChI=1S/C26H26N8O/c1-2-3-11-27-20-6-4-14-34(16-20)24-22-21(15-30-23(22)31-17-32-24)18-7-9-19(10-8-18)25(35)33-26-28-12-5-13-29-26/h5,7-10,12-13,15,17,20,27H,4,6,11,14,16H2,1H3,(H,30,31,32)(H,28,29,33,35)/t20-/m1/s1. The van der Waals surface area contributed by atoms with Gasteiger partial charge >= 0.3 is 0 Å². The summed E-state index contributed by atoms with van der Waals surface area (Å²) in [6, 6.07) is 9.53. The Hall–Kier alpha value is -4.29. The van der Waals surface area contributed by atoms with Crippen LogP contribution < -0.4 is 15.5 Å². The molecule has 1 saturated heterocycles. The average Bonchev–Trinajstić information content (AvgIpc) is 3.34. The highest BCUT2D eigenvalue weighted by atomic mass is 16.1. The lowest BCUT2D eigenvalue weighted by Crippen LogP contribution is -2.46. The lowest BCUT2D eigenvalue weighted by molar-refractivity contribution is 0.102. The van der Waals surface area contributed by atoms with E-state index in [-0.39, 0.29) is 11.9 Å². The number of aromatic nitrogens is 5. The molecule has 35 heavy (non-hydrogen) atoms. The SMILES string of the molecule is CC#CCN[C@@H]1CCCN(c2ncnc3[nH]cc(-c4ccc(C(=O)Nc5ncccn5)cc4)c23)C1. The van der Waals surface area contributed by atoms with E-state index in [0.29, 0.717) is 18.2 Å². The van der Waals surface area contributed by atoms with Crippen molar-refractivity contribution in [2.45, 2.75) is 25.8 Å². The monoisotopic (exact) mass is 466 g/mol. The van der Waals surface area contributed by atoms with Crippen LogP contribution >= 0.6 is 0 Å². The normalized spacial score (nSPS) is 15.5. The number of benzene rings is 1. The molecule has 0 aliphatic carbocycles. The van der Waals surface area contributed by atoms with E-state index in [0.717, 1.165) is 53.9 Å². The third-order valence-electron chi connectivity index (χ3n) is 6.08. The van der Waals surface area contributed by atoms with Crippen LogP contribution in [0.2, 0.25) is 0 Å². The highest BCUT2D eigenvalue weighted by Crippen LogP contribution is 2.34. The molecular weight excluding hydrogens is 440 g/mol. The van der Waals surface area contributed by atoms with Crippen molar-refractivity contribution in [2.75, 3.05) is 29.9 Å². The van der Waals surface area contributed by atoms with Gasteiger partial charge in [-0.2, -0.15) is 0 Å². The summed E-state index contributed by atoms with van der Waals surface area (Å²) in [4.78, 5) is 35.4. The smallest absolute Gasteiger partial charge is 0.258 e. The zero-order valence-electron chi connectivity index (χ0n) is 19.5. The minimum atomic E-state index is -0.259. The molecule has 0 spiro atoms. The van der Waals surface area contributed by atoms with Gasteiger partial charge in [0.15, 0.2) is 0 Å². The molecule has 0 radical (unpaired) electrons. The number of H-pyrrole nitrogens is 1. The summed E-state index contributed by atoms with van der Waals surface area (Å²) in [5, 5.41) is 7.22. The Balaban J connectivity index is 1.39. The number of carbonyl (C=O) groups is 1. The van der Waals surface area contributed by atoms with Gasteiger partial charge in [-0.15, -0.1) is 5.92 Å². The van der Waals surface area contributed by atoms with Crippen LogP contribution in [-0.2, 0) is 0 Å². The highest BCUT2D eigenvalue weighted by molar-refractivity contribution is 6.05. The Morgan fingerprint density at radius 2 is 2.00 bits per heavy atom. The van der Waals surface area contributed by atoms with E-state index in [4.69, 9.17) is 0 Å². The van der Waals surface area contributed by atoms with Crippen molar-refractivity contribution in [3.63, 3.8) is 0 Å². The second-order valence-corrected chi connectivity index (χ2v) is 8.32. The van der Waals surface area contributed by atoms with Crippen LogP contribution in [0.5, 0.6) is 0 Å². The molecule has 1 atom stereocenters. The summed E-state index contributed by atoms with van der Waals surface area (Å²) in [5.41, 5.74) is 3.29. The molecule has 0 bridgehead atoms. The first-order valence-electron chi connectivity index (χ1n) is 11.6. The predicted octanol–water partition coefficient (Wildman–Crippen LogP) is 3.25. The summed E-state index contributed by atoms with van der Waals surface area (Å²) in [6.45, 7) is 4.36. The van der Waals surface area contributed by atoms with E-state index in [1.54, 1.807) is 36.9 Å². The molecule has 3 aromatic heterocycles. The average molecular weight is 467 g/mol. The Labute approximate surface area is 203 Å². The van der Waals surface area contributed by atoms with Gasteiger partial charge in [0.05, 0.1) is 11.9 Å². The van der Waals surface area contributed by atoms with Gasteiger partial charge in [-0.3, -0.25) is 10.1 Å². The van der Waals surface area contributed by atoms with Crippen LogP contribution in [0.25, 0.3) is 22.2 Å². The van der Waals surface area contributed by atoms with Crippen LogP contribution in [0, 0.1) is 11.8 Å². The zero-order chi connectivity index (χ0) is 24.0. The number of aromatic amines is 1. The van der Waals surface area contributed by atoms with E-state index in [1.165, 1.54) is 0 Å². The number of nitrogens with one attached hydrogen (secondary N) is 3. The van der Waals surface area contributed by atoms with Crippen LogP contribution in [0.3, 0.4) is 0 Å². The first-order chi connectivity index (χ1) is 17.2. The van der Waals surface area contributed by atoms with Crippen LogP contribution in [-0.4, -0.2) is 56.5 Å². The third kappa shape index (κ3) is 4.98. The largest absolute Gasteiger partial charge is 0.354 e. The number of hydrogen-bond acceptors (Lipinski definition) is 7. The van der Waals surface area contributed by atoms with Crippen LogP contribution in [0.4, 0.5) is 11.8 Å². The molecular formula is C26H26N8O. The van der Waals surface area contributed by atoms with E-state index in [9.17, 15) is 4.79 Å². The van der Waals surface area contributed by atoms with Crippen molar-refractivity contribution in [1.29, 1.82) is 0 Å². The Bertz CT molecular complexity index is 1370. The summed E-state index contributed by atoms with van der Waals surface area (Å²) in [5.74, 6) is 6.96. The number of rotatable bonds is 6. The molecule has 4 heterocycles. The van der Waals surface area contributed by atoms with Gasteiger partial charge in [-0.25, -0.2) is 19.9 Å². The molecule has 1 aromatic carbocycles. The van der Waals surface area contributed by atoms with Gasteiger partial charge in [-0.05, 0) is 43.5 Å². The topological polar surface area (TPSA) is 112 Å². The van der Waals surface area contributed by atoms with E-state index < -0.39 is 0 Å². The van der Waals surface area contributed by atoms with Crippen molar-refractivity contribution in [3.05, 3.63) is 60.8 Å². The van der Waals surface area contributed by atoms with Gasteiger partial charge in [-0.1, -0.05) is 18.1 Å². The maximum Gasteiger partial charge on any atom is 0.258 e. The highest BCUT2D eigenvalue weighted by Gasteiger charge is 2.24. The summed E-state index contributed by atoms with van der Waals surface area (Å²) in [6.07, 6.45) is 8.93. The predicted molar refractivity (Wildman–Crippen MR) is 136 cm³/mol. The van der Waals surface area contributed by atoms with Crippen molar-refractivity contribution in [1.82, 2.24) is 30.2 Å². The van der Waals surface area contributed by atoms with Crippen LogP contribution in [0.15, 0.2) is 55.2 Å². The molecule has 1 fully saturated rings. The summed E-state index contributed by atoms with van der Waals surface area (Å²) in [7, 11) is 0. The summed E-state index contributed by atoms with van der Waals surface area (Å²) < 4.78 is 0. The number of hydrogen-bond donors (Lipinski definition) is 3. The Morgan fingerprint density at radius 3 is 2.80 bits per heavy atom. The Kier molecular flexibility index (Phi) is 6.63. The number of nitrogens with zero attached hydrogens (tertiary/aromatic N) is 5. The number of piperidine rings is 1. The molecule has 1 aliphatic rings. The molecule has 0 unspecified atom stereocenters. The quantitative estimate of drug-likeness (QED) is 0.374. The maximum absolute atomic E-state index is 12.6. The lowest BCUT2D eigenvalue weighted by atomic mass is 10.0. The molecule has 9 heteroatoms. The number of fused-ring (bicyclic) bond motifs is 1. The number of amides is 1. The third-order valence-corrected chi connectivity index (χ3v) is 6.08. The first-order valence-corrected chi connectivity index (χ1v) is 11.6. The Morgan fingerprint density at radius 1 is 1.17 bits per heavy atom. The molecule has 3 N–H and O–H groups in total.